The Bertz CT molecular complexity index is 1020. The SMILES string of the molecule is Cc1cccc(N(CC(=O)N2CCCC2)S(=O)(=O)c2ccc3c(c2)OCCO3)c1. The van der Waals surface area contributed by atoms with Crippen LogP contribution in [0.4, 0.5) is 5.69 Å². The first-order valence-corrected chi connectivity index (χ1v) is 11.2. The van der Waals surface area contributed by atoms with Gasteiger partial charge in [-0.3, -0.25) is 9.10 Å². The summed E-state index contributed by atoms with van der Waals surface area (Å²) in [5.74, 6) is 0.725. The van der Waals surface area contributed by atoms with E-state index in [1.165, 1.54) is 16.4 Å². The monoisotopic (exact) mass is 416 g/mol. The molecule has 2 aliphatic rings. The van der Waals surface area contributed by atoms with Crippen molar-refractivity contribution < 1.29 is 22.7 Å². The molecule has 0 radical (unpaired) electrons. The lowest BCUT2D eigenvalue weighted by Crippen LogP contribution is -2.42. The molecule has 2 aromatic rings. The molecule has 0 unspecified atom stereocenters. The summed E-state index contributed by atoms with van der Waals surface area (Å²) in [5, 5.41) is 0. The third kappa shape index (κ3) is 4.03. The molecule has 29 heavy (non-hydrogen) atoms. The molecule has 0 N–H and O–H groups in total. The maximum atomic E-state index is 13.5. The summed E-state index contributed by atoms with van der Waals surface area (Å²) in [6, 6.07) is 11.7. The van der Waals surface area contributed by atoms with Crippen molar-refractivity contribution in [1.29, 1.82) is 0 Å². The fourth-order valence-corrected chi connectivity index (χ4v) is 5.02. The van der Waals surface area contributed by atoms with Crippen LogP contribution in [0.1, 0.15) is 18.4 Å². The van der Waals surface area contributed by atoms with E-state index in [0.29, 0.717) is 43.5 Å². The van der Waals surface area contributed by atoms with Crippen LogP contribution in [0.2, 0.25) is 0 Å². The van der Waals surface area contributed by atoms with Gasteiger partial charge in [-0.25, -0.2) is 8.42 Å². The summed E-state index contributed by atoms with van der Waals surface area (Å²) < 4.78 is 39.3. The third-order valence-electron chi connectivity index (χ3n) is 5.13. The molecule has 2 aliphatic heterocycles. The van der Waals surface area contributed by atoms with E-state index in [0.717, 1.165) is 18.4 Å². The van der Waals surface area contributed by atoms with Gasteiger partial charge in [0.15, 0.2) is 11.5 Å². The Labute approximate surface area is 170 Å². The van der Waals surface area contributed by atoms with E-state index in [-0.39, 0.29) is 17.3 Å². The van der Waals surface area contributed by atoms with Crippen molar-refractivity contribution in [3.63, 3.8) is 0 Å². The highest BCUT2D eigenvalue weighted by Gasteiger charge is 2.31. The molecule has 0 atom stereocenters. The molecule has 8 heteroatoms. The van der Waals surface area contributed by atoms with Gasteiger partial charge in [-0.05, 0) is 49.6 Å². The highest BCUT2D eigenvalue weighted by molar-refractivity contribution is 7.92. The molecule has 0 aliphatic carbocycles. The second kappa shape index (κ2) is 7.94. The van der Waals surface area contributed by atoms with E-state index in [4.69, 9.17) is 9.47 Å². The number of hydrogen-bond donors (Lipinski definition) is 0. The van der Waals surface area contributed by atoms with Crippen LogP contribution >= 0.6 is 0 Å². The van der Waals surface area contributed by atoms with Crippen molar-refractivity contribution in [2.24, 2.45) is 0 Å². The number of likely N-dealkylation sites (tertiary alicyclic amines) is 1. The number of carbonyl (C=O) groups is 1. The van der Waals surface area contributed by atoms with Crippen LogP contribution < -0.4 is 13.8 Å². The molecule has 4 rings (SSSR count). The molecular weight excluding hydrogens is 392 g/mol. The highest BCUT2D eigenvalue weighted by atomic mass is 32.2. The van der Waals surface area contributed by atoms with E-state index in [2.05, 4.69) is 0 Å². The van der Waals surface area contributed by atoms with Crippen LogP contribution in [0.3, 0.4) is 0 Å². The molecule has 1 fully saturated rings. The fourth-order valence-electron chi connectivity index (χ4n) is 3.60. The van der Waals surface area contributed by atoms with Crippen molar-refractivity contribution in [3.8, 4) is 11.5 Å². The number of sulfonamides is 1. The predicted octanol–water partition coefficient (Wildman–Crippen LogP) is 2.58. The Morgan fingerprint density at radius 1 is 1.03 bits per heavy atom. The van der Waals surface area contributed by atoms with Crippen LogP contribution in [0, 0.1) is 6.92 Å². The van der Waals surface area contributed by atoms with Gasteiger partial charge >= 0.3 is 0 Å². The zero-order chi connectivity index (χ0) is 20.4. The van der Waals surface area contributed by atoms with Crippen LogP contribution in [0.5, 0.6) is 11.5 Å². The first kappa shape index (κ1) is 19.6. The minimum Gasteiger partial charge on any atom is -0.486 e. The first-order chi connectivity index (χ1) is 13.9. The zero-order valence-corrected chi connectivity index (χ0v) is 17.2. The number of rotatable bonds is 5. The molecule has 1 amide bonds. The topological polar surface area (TPSA) is 76.2 Å². The van der Waals surface area contributed by atoms with Gasteiger partial charge in [-0.2, -0.15) is 0 Å². The van der Waals surface area contributed by atoms with Crippen LogP contribution in [-0.2, 0) is 14.8 Å². The van der Waals surface area contributed by atoms with E-state index < -0.39 is 10.0 Å². The Morgan fingerprint density at radius 3 is 2.48 bits per heavy atom. The van der Waals surface area contributed by atoms with Crippen molar-refractivity contribution >= 4 is 21.6 Å². The maximum Gasteiger partial charge on any atom is 0.264 e. The largest absolute Gasteiger partial charge is 0.486 e. The number of hydrogen-bond acceptors (Lipinski definition) is 5. The lowest BCUT2D eigenvalue weighted by molar-refractivity contribution is -0.128. The van der Waals surface area contributed by atoms with Gasteiger partial charge in [-0.15, -0.1) is 0 Å². The number of anilines is 1. The lowest BCUT2D eigenvalue weighted by Gasteiger charge is -2.27. The summed E-state index contributed by atoms with van der Waals surface area (Å²) in [7, 11) is -3.98. The van der Waals surface area contributed by atoms with Crippen molar-refractivity contribution in [3.05, 3.63) is 48.0 Å². The summed E-state index contributed by atoms with van der Waals surface area (Å²) in [6.45, 7) is 3.79. The summed E-state index contributed by atoms with van der Waals surface area (Å²) in [6.07, 6.45) is 1.90. The zero-order valence-electron chi connectivity index (χ0n) is 16.3. The molecule has 2 heterocycles. The van der Waals surface area contributed by atoms with Crippen molar-refractivity contribution in [2.45, 2.75) is 24.7 Å². The average molecular weight is 416 g/mol. The fraction of sp³-hybridized carbons (Fsp3) is 0.381. The maximum absolute atomic E-state index is 13.5. The second-order valence-corrected chi connectivity index (χ2v) is 9.11. The minimum atomic E-state index is -3.98. The van der Waals surface area contributed by atoms with Gasteiger partial charge < -0.3 is 14.4 Å². The Morgan fingerprint density at radius 2 is 1.76 bits per heavy atom. The number of aryl methyl sites for hydroxylation is 1. The number of amides is 1. The predicted molar refractivity (Wildman–Crippen MR) is 109 cm³/mol. The van der Waals surface area contributed by atoms with Crippen molar-refractivity contribution in [2.75, 3.05) is 37.2 Å². The van der Waals surface area contributed by atoms with Crippen LogP contribution in [0.25, 0.3) is 0 Å². The molecule has 0 aromatic heterocycles. The summed E-state index contributed by atoms with van der Waals surface area (Å²) in [4.78, 5) is 14.6. The van der Waals surface area contributed by atoms with Crippen molar-refractivity contribution in [1.82, 2.24) is 4.90 Å². The molecule has 1 saturated heterocycles. The number of ether oxygens (including phenoxy) is 2. The normalized spacial score (nSPS) is 16.0. The minimum absolute atomic E-state index is 0.0671. The molecule has 2 aromatic carbocycles. The van der Waals surface area contributed by atoms with Crippen LogP contribution in [0.15, 0.2) is 47.4 Å². The van der Waals surface area contributed by atoms with Gasteiger partial charge in [0, 0.05) is 19.2 Å². The number of nitrogens with zero attached hydrogens (tertiary/aromatic N) is 2. The first-order valence-electron chi connectivity index (χ1n) is 9.72. The molecule has 7 nitrogen and oxygen atoms in total. The number of carbonyl (C=O) groups excluding carboxylic acids is 1. The highest BCUT2D eigenvalue weighted by Crippen LogP contribution is 2.34. The van der Waals surface area contributed by atoms with E-state index in [1.54, 1.807) is 29.2 Å². The molecule has 0 spiro atoms. The van der Waals surface area contributed by atoms with E-state index in [1.807, 2.05) is 13.0 Å². The molecular formula is C21H24N2O5S. The standard InChI is InChI=1S/C21H24N2O5S/c1-16-5-4-6-17(13-16)23(15-21(24)22-9-2-3-10-22)29(25,26)18-7-8-19-20(14-18)28-12-11-27-19/h4-8,13-14H,2-3,9-12,15H2,1H3. The third-order valence-corrected chi connectivity index (χ3v) is 6.90. The Kier molecular flexibility index (Phi) is 5.36. The lowest BCUT2D eigenvalue weighted by atomic mass is 10.2. The van der Waals surface area contributed by atoms with Gasteiger partial charge in [0.05, 0.1) is 10.6 Å². The molecule has 0 bridgehead atoms. The van der Waals surface area contributed by atoms with Gasteiger partial charge in [-0.1, -0.05) is 12.1 Å². The average Bonchev–Trinajstić information content (AvgIpc) is 3.26. The quantitative estimate of drug-likeness (QED) is 0.749. The molecule has 154 valence electrons. The number of benzene rings is 2. The Balaban J connectivity index is 1.71. The number of fused-ring (bicyclic) bond motifs is 1. The second-order valence-electron chi connectivity index (χ2n) is 7.24. The van der Waals surface area contributed by atoms with Gasteiger partial charge in [0.2, 0.25) is 5.91 Å². The van der Waals surface area contributed by atoms with E-state index >= 15 is 0 Å². The smallest absolute Gasteiger partial charge is 0.264 e. The van der Waals surface area contributed by atoms with E-state index in [9.17, 15) is 13.2 Å². The summed E-state index contributed by atoms with van der Waals surface area (Å²) in [5.41, 5.74) is 1.38. The Hall–Kier alpha value is -2.74. The van der Waals surface area contributed by atoms with Crippen LogP contribution in [-0.4, -0.2) is 52.1 Å². The van der Waals surface area contributed by atoms with Gasteiger partial charge in [0.25, 0.3) is 10.0 Å². The summed E-state index contributed by atoms with van der Waals surface area (Å²) >= 11 is 0. The van der Waals surface area contributed by atoms with Gasteiger partial charge in [0.1, 0.15) is 19.8 Å². The molecule has 0 saturated carbocycles.